The number of hydrogen-bond donors (Lipinski definition) is 2. The first-order valence-corrected chi connectivity index (χ1v) is 9.01. The van der Waals surface area contributed by atoms with Crippen molar-refractivity contribution in [2.45, 2.75) is 12.3 Å². The number of thioether (sulfide) groups is 1. The quantitative estimate of drug-likeness (QED) is 0.794. The lowest BCUT2D eigenvalue weighted by atomic mass is 10.1. The Morgan fingerprint density at radius 1 is 1.08 bits per heavy atom. The molecule has 0 spiro atoms. The number of halogens is 1. The Hall–Kier alpha value is -1.98. The molecule has 24 heavy (non-hydrogen) atoms. The minimum absolute atomic E-state index is 0.0163. The Bertz CT molecular complexity index is 704. The molecule has 2 aromatic carbocycles. The van der Waals surface area contributed by atoms with Crippen LogP contribution < -0.4 is 10.6 Å². The molecule has 2 rings (SSSR count). The lowest BCUT2D eigenvalue weighted by Crippen LogP contribution is -2.24. The van der Waals surface area contributed by atoms with Gasteiger partial charge < -0.3 is 10.6 Å². The first kappa shape index (κ1) is 18.4. The van der Waals surface area contributed by atoms with Gasteiger partial charge in [0, 0.05) is 29.9 Å². The maximum Gasteiger partial charge on any atom is 0.251 e. The Kier molecular flexibility index (Phi) is 7.15. The summed E-state index contributed by atoms with van der Waals surface area (Å²) in [6, 6.07) is 14.8. The average Bonchev–Trinajstić information content (AvgIpc) is 2.60. The third-order valence-corrected chi connectivity index (χ3v) is 4.56. The fraction of sp³-hybridized carbons (Fsp3) is 0.222. The molecule has 2 N–H and O–H groups in total. The SMILES string of the molecule is CNC(=O)c1ccc(CNC(=O)CSCc2cccc(Cl)c2)cc1. The van der Waals surface area contributed by atoms with Gasteiger partial charge in [-0.25, -0.2) is 0 Å². The zero-order valence-electron chi connectivity index (χ0n) is 13.3. The van der Waals surface area contributed by atoms with Crippen LogP contribution in [-0.2, 0) is 17.1 Å². The first-order valence-electron chi connectivity index (χ1n) is 7.48. The Morgan fingerprint density at radius 3 is 2.50 bits per heavy atom. The highest BCUT2D eigenvalue weighted by Crippen LogP contribution is 2.16. The van der Waals surface area contributed by atoms with Crippen molar-refractivity contribution in [3.05, 3.63) is 70.2 Å². The lowest BCUT2D eigenvalue weighted by molar-refractivity contribution is -0.118. The van der Waals surface area contributed by atoms with Gasteiger partial charge in [0.15, 0.2) is 0 Å². The van der Waals surface area contributed by atoms with Crippen LogP contribution in [0.1, 0.15) is 21.5 Å². The van der Waals surface area contributed by atoms with Crippen molar-refractivity contribution < 1.29 is 9.59 Å². The third kappa shape index (κ3) is 5.91. The van der Waals surface area contributed by atoms with E-state index in [-0.39, 0.29) is 11.8 Å². The van der Waals surface area contributed by atoms with Gasteiger partial charge in [0.05, 0.1) is 5.75 Å². The third-order valence-electron chi connectivity index (χ3n) is 3.32. The molecule has 0 bridgehead atoms. The minimum atomic E-state index is -0.122. The van der Waals surface area contributed by atoms with Crippen LogP contribution in [-0.4, -0.2) is 24.6 Å². The normalized spacial score (nSPS) is 10.2. The van der Waals surface area contributed by atoms with Crippen LogP contribution in [0.3, 0.4) is 0 Å². The summed E-state index contributed by atoms with van der Waals surface area (Å²) < 4.78 is 0. The Balaban J connectivity index is 1.72. The molecule has 0 atom stereocenters. The molecule has 6 heteroatoms. The number of amides is 2. The van der Waals surface area contributed by atoms with Gasteiger partial charge in [-0.1, -0.05) is 35.9 Å². The summed E-state index contributed by atoms with van der Waals surface area (Å²) in [7, 11) is 1.59. The highest BCUT2D eigenvalue weighted by atomic mass is 35.5. The molecular formula is C18H19ClN2O2S. The molecule has 2 aromatic rings. The fourth-order valence-corrected chi connectivity index (χ4v) is 3.08. The Morgan fingerprint density at radius 2 is 1.83 bits per heavy atom. The van der Waals surface area contributed by atoms with Crippen molar-refractivity contribution in [3.63, 3.8) is 0 Å². The van der Waals surface area contributed by atoms with Crippen molar-refractivity contribution >= 4 is 35.2 Å². The average molecular weight is 363 g/mol. The summed E-state index contributed by atoms with van der Waals surface area (Å²) in [5.74, 6) is 0.998. The summed E-state index contributed by atoms with van der Waals surface area (Å²) in [6.45, 7) is 0.449. The van der Waals surface area contributed by atoms with E-state index in [1.165, 1.54) is 0 Å². The monoisotopic (exact) mass is 362 g/mol. The molecule has 0 aromatic heterocycles. The van der Waals surface area contributed by atoms with Crippen molar-refractivity contribution in [2.75, 3.05) is 12.8 Å². The van der Waals surface area contributed by atoms with Gasteiger partial charge in [0.2, 0.25) is 5.91 Å². The molecule has 0 aliphatic rings. The molecule has 2 amide bonds. The van der Waals surface area contributed by atoms with Crippen LogP contribution in [0.25, 0.3) is 0 Å². The molecule has 0 radical (unpaired) electrons. The number of benzene rings is 2. The molecule has 0 saturated heterocycles. The van der Waals surface area contributed by atoms with E-state index in [0.717, 1.165) is 16.9 Å². The molecule has 126 valence electrons. The van der Waals surface area contributed by atoms with Crippen molar-refractivity contribution in [1.82, 2.24) is 10.6 Å². The van der Waals surface area contributed by atoms with Crippen molar-refractivity contribution in [3.8, 4) is 0 Å². The van der Waals surface area contributed by atoms with Gasteiger partial charge in [-0.2, -0.15) is 0 Å². The van der Waals surface area contributed by atoms with E-state index in [4.69, 9.17) is 11.6 Å². The van der Waals surface area contributed by atoms with E-state index >= 15 is 0 Å². The van der Waals surface area contributed by atoms with Gasteiger partial charge in [0.1, 0.15) is 0 Å². The molecule has 0 saturated carbocycles. The molecule has 4 nitrogen and oxygen atoms in total. The van der Waals surface area contributed by atoms with E-state index in [1.54, 1.807) is 30.9 Å². The van der Waals surface area contributed by atoms with Crippen molar-refractivity contribution in [2.24, 2.45) is 0 Å². The molecule has 0 heterocycles. The fourth-order valence-electron chi connectivity index (χ4n) is 2.06. The largest absolute Gasteiger partial charge is 0.355 e. The number of carbonyl (C=O) groups is 2. The first-order chi connectivity index (χ1) is 11.6. The van der Waals surface area contributed by atoms with Gasteiger partial charge in [0.25, 0.3) is 5.91 Å². The van der Waals surface area contributed by atoms with Crippen LogP contribution in [0, 0.1) is 0 Å². The number of hydrogen-bond acceptors (Lipinski definition) is 3. The van der Waals surface area contributed by atoms with E-state index in [9.17, 15) is 9.59 Å². The number of rotatable bonds is 7. The van der Waals surface area contributed by atoms with E-state index < -0.39 is 0 Å². The number of carbonyl (C=O) groups excluding carboxylic acids is 2. The standard InChI is InChI=1S/C18H19ClN2O2S/c1-20-18(23)15-7-5-13(6-8-15)10-21-17(22)12-24-11-14-3-2-4-16(19)9-14/h2-9H,10-12H2,1H3,(H,20,23)(H,21,22). The summed E-state index contributed by atoms with van der Waals surface area (Å²) in [5.41, 5.74) is 2.66. The maximum atomic E-state index is 11.9. The molecule has 0 unspecified atom stereocenters. The highest BCUT2D eigenvalue weighted by Gasteiger charge is 2.05. The smallest absolute Gasteiger partial charge is 0.251 e. The number of nitrogens with one attached hydrogen (secondary N) is 2. The summed E-state index contributed by atoms with van der Waals surface area (Å²) in [4.78, 5) is 23.3. The van der Waals surface area contributed by atoms with Gasteiger partial charge in [-0.05, 0) is 35.4 Å². The second kappa shape index (κ2) is 9.35. The van der Waals surface area contributed by atoms with Crippen molar-refractivity contribution in [1.29, 1.82) is 0 Å². The van der Waals surface area contributed by atoms with Crippen LogP contribution in [0.4, 0.5) is 0 Å². The lowest BCUT2D eigenvalue weighted by Gasteiger charge is -2.07. The van der Waals surface area contributed by atoms with E-state index in [0.29, 0.717) is 22.9 Å². The minimum Gasteiger partial charge on any atom is -0.355 e. The van der Waals surface area contributed by atoms with Crippen LogP contribution in [0.2, 0.25) is 5.02 Å². The summed E-state index contributed by atoms with van der Waals surface area (Å²) in [6.07, 6.45) is 0. The Labute approximate surface area is 151 Å². The topological polar surface area (TPSA) is 58.2 Å². The second-order valence-corrected chi connectivity index (χ2v) is 6.60. The van der Waals surface area contributed by atoms with E-state index in [2.05, 4.69) is 10.6 Å². The van der Waals surface area contributed by atoms with Crippen LogP contribution in [0.15, 0.2) is 48.5 Å². The summed E-state index contributed by atoms with van der Waals surface area (Å²) in [5, 5.41) is 6.15. The summed E-state index contributed by atoms with van der Waals surface area (Å²) >= 11 is 7.47. The van der Waals surface area contributed by atoms with Gasteiger partial charge >= 0.3 is 0 Å². The predicted octanol–water partition coefficient (Wildman–Crippen LogP) is 3.25. The second-order valence-electron chi connectivity index (χ2n) is 5.18. The van der Waals surface area contributed by atoms with Crippen LogP contribution in [0.5, 0.6) is 0 Å². The molecule has 0 aliphatic heterocycles. The molecule has 0 fully saturated rings. The predicted molar refractivity (Wildman–Crippen MR) is 99.3 cm³/mol. The van der Waals surface area contributed by atoms with Crippen LogP contribution >= 0.6 is 23.4 Å². The van der Waals surface area contributed by atoms with Gasteiger partial charge in [-0.3, -0.25) is 9.59 Å². The molecular weight excluding hydrogens is 344 g/mol. The zero-order chi connectivity index (χ0) is 17.4. The van der Waals surface area contributed by atoms with Gasteiger partial charge in [-0.15, -0.1) is 11.8 Å². The molecule has 0 aliphatic carbocycles. The zero-order valence-corrected chi connectivity index (χ0v) is 14.9. The highest BCUT2D eigenvalue weighted by molar-refractivity contribution is 7.99. The van der Waals surface area contributed by atoms with E-state index in [1.807, 2.05) is 36.4 Å². The maximum absolute atomic E-state index is 11.9.